The molecule has 0 aliphatic carbocycles. The zero-order valence-electron chi connectivity index (χ0n) is 13.5. The standard InChI is InChI=1S/C17H24N2O3/c1-11(2)17(4,21)10-18-16(20)19-12(3)15-9-13-7-5-6-8-14(13)22-15/h5-9,11-12,21H,10H2,1-4H3,(H2,18,19,20). The summed E-state index contributed by atoms with van der Waals surface area (Å²) in [6.45, 7) is 7.59. The molecule has 1 aromatic heterocycles. The largest absolute Gasteiger partial charge is 0.459 e. The van der Waals surface area contributed by atoms with Crippen molar-refractivity contribution in [3.63, 3.8) is 0 Å². The number of urea groups is 1. The number of para-hydroxylation sites is 1. The van der Waals surface area contributed by atoms with Gasteiger partial charge in [-0.05, 0) is 31.9 Å². The molecule has 2 aromatic rings. The maximum atomic E-state index is 11.9. The summed E-state index contributed by atoms with van der Waals surface area (Å²) < 4.78 is 5.72. The molecule has 5 heteroatoms. The maximum Gasteiger partial charge on any atom is 0.315 e. The topological polar surface area (TPSA) is 74.5 Å². The molecule has 1 heterocycles. The lowest BCUT2D eigenvalue weighted by molar-refractivity contribution is 0.0165. The van der Waals surface area contributed by atoms with Crippen molar-refractivity contribution < 1.29 is 14.3 Å². The third-order valence-electron chi connectivity index (χ3n) is 4.07. The van der Waals surface area contributed by atoms with Crippen LogP contribution in [-0.2, 0) is 0 Å². The number of amides is 2. The second-order valence-corrected chi connectivity index (χ2v) is 6.25. The normalized spacial score (nSPS) is 15.5. The maximum absolute atomic E-state index is 11.9. The van der Waals surface area contributed by atoms with Gasteiger partial charge in [0.15, 0.2) is 0 Å². The van der Waals surface area contributed by atoms with Crippen molar-refractivity contribution in [2.45, 2.75) is 39.3 Å². The summed E-state index contributed by atoms with van der Waals surface area (Å²) in [6.07, 6.45) is 0. The van der Waals surface area contributed by atoms with Crippen LogP contribution in [0.2, 0.25) is 0 Å². The van der Waals surface area contributed by atoms with Crippen LogP contribution < -0.4 is 10.6 Å². The number of aliphatic hydroxyl groups is 1. The molecule has 0 saturated carbocycles. The highest BCUT2D eigenvalue weighted by molar-refractivity contribution is 5.78. The molecule has 120 valence electrons. The van der Waals surface area contributed by atoms with E-state index in [2.05, 4.69) is 10.6 Å². The van der Waals surface area contributed by atoms with E-state index in [0.717, 1.165) is 11.0 Å². The Morgan fingerprint density at radius 2 is 2.00 bits per heavy atom. The molecule has 2 atom stereocenters. The minimum absolute atomic E-state index is 0.0561. The van der Waals surface area contributed by atoms with Crippen molar-refractivity contribution >= 4 is 17.0 Å². The third kappa shape index (κ3) is 3.80. The first-order chi connectivity index (χ1) is 10.3. The minimum Gasteiger partial charge on any atom is -0.459 e. The van der Waals surface area contributed by atoms with Crippen molar-refractivity contribution in [2.75, 3.05) is 6.54 Å². The highest BCUT2D eigenvalue weighted by atomic mass is 16.3. The molecule has 0 aliphatic heterocycles. The van der Waals surface area contributed by atoms with E-state index in [0.29, 0.717) is 5.76 Å². The molecule has 2 rings (SSSR count). The lowest BCUT2D eigenvalue weighted by Gasteiger charge is -2.28. The molecular formula is C17H24N2O3. The van der Waals surface area contributed by atoms with Crippen LogP contribution in [0.3, 0.4) is 0 Å². The van der Waals surface area contributed by atoms with Crippen LogP contribution in [-0.4, -0.2) is 23.3 Å². The van der Waals surface area contributed by atoms with Crippen molar-refractivity contribution in [3.8, 4) is 0 Å². The van der Waals surface area contributed by atoms with E-state index >= 15 is 0 Å². The van der Waals surface area contributed by atoms with Gasteiger partial charge < -0.3 is 20.2 Å². The third-order valence-corrected chi connectivity index (χ3v) is 4.07. The zero-order chi connectivity index (χ0) is 16.3. The van der Waals surface area contributed by atoms with E-state index in [1.165, 1.54) is 0 Å². The van der Waals surface area contributed by atoms with Gasteiger partial charge in [0.25, 0.3) is 0 Å². The van der Waals surface area contributed by atoms with Gasteiger partial charge in [0.1, 0.15) is 11.3 Å². The number of rotatable bonds is 5. The predicted octanol–water partition coefficient (Wildman–Crippen LogP) is 3.20. The van der Waals surface area contributed by atoms with Gasteiger partial charge in [-0.3, -0.25) is 0 Å². The second kappa shape index (κ2) is 6.40. The molecular weight excluding hydrogens is 280 g/mol. The Labute approximate surface area is 130 Å². The number of benzene rings is 1. The highest BCUT2D eigenvalue weighted by Crippen LogP contribution is 2.23. The van der Waals surface area contributed by atoms with E-state index in [1.54, 1.807) is 6.92 Å². The van der Waals surface area contributed by atoms with E-state index in [9.17, 15) is 9.90 Å². The molecule has 0 bridgehead atoms. The number of furan rings is 1. The molecule has 5 nitrogen and oxygen atoms in total. The van der Waals surface area contributed by atoms with E-state index in [4.69, 9.17) is 4.42 Å². The van der Waals surface area contributed by atoms with Crippen LogP contribution in [0.15, 0.2) is 34.7 Å². The van der Waals surface area contributed by atoms with Gasteiger partial charge >= 0.3 is 6.03 Å². The van der Waals surface area contributed by atoms with E-state index in [-0.39, 0.29) is 24.5 Å². The molecule has 2 unspecified atom stereocenters. The summed E-state index contributed by atoms with van der Waals surface area (Å²) in [5.74, 6) is 0.757. The molecule has 0 fully saturated rings. The lowest BCUT2D eigenvalue weighted by atomic mass is 9.93. The molecule has 1 aromatic carbocycles. The molecule has 0 spiro atoms. The molecule has 22 heavy (non-hydrogen) atoms. The fraction of sp³-hybridized carbons (Fsp3) is 0.471. The first-order valence-corrected chi connectivity index (χ1v) is 7.55. The first-order valence-electron chi connectivity index (χ1n) is 7.55. The Morgan fingerprint density at radius 3 is 2.64 bits per heavy atom. The Kier molecular flexibility index (Phi) is 4.76. The van der Waals surface area contributed by atoms with Gasteiger partial charge in [-0.1, -0.05) is 32.0 Å². The Hall–Kier alpha value is -2.01. The highest BCUT2D eigenvalue weighted by Gasteiger charge is 2.25. The number of carbonyl (C=O) groups is 1. The summed E-state index contributed by atoms with van der Waals surface area (Å²) >= 11 is 0. The van der Waals surface area contributed by atoms with Gasteiger partial charge in [0.05, 0.1) is 11.6 Å². The fourth-order valence-electron chi connectivity index (χ4n) is 2.00. The lowest BCUT2D eigenvalue weighted by Crippen LogP contribution is -2.47. The number of fused-ring (bicyclic) bond motifs is 1. The second-order valence-electron chi connectivity index (χ2n) is 6.25. The SMILES string of the molecule is CC(NC(=O)NCC(C)(O)C(C)C)c1cc2ccccc2o1. The monoisotopic (exact) mass is 304 g/mol. The van der Waals surface area contributed by atoms with Crippen molar-refractivity contribution in [2.24, 2.45) is 5.92 Å². The van der Waals surface area contributed by atoms with Crippen LogP contribution in [0.4, 0.5) is 4.79 Å². The van der Waals surface area contributed by atoms with Gasteiger partial charge in [-0.2, -0.15) is 0 Å². The quantitative estimate of drug-likeness (QED) is 0.794. The van der Waals surface area contributed by atoms with Crippen LogP contribution in [0.1, 0.15) is 39.5 Å². The van der Waals surface area contributed by atoms with Gasteiger partial charge in [-0.15, -0.1) is 0 Å². The van der Waals surface area contributed by atoms with Crippen molar-refractivity contribution in [3.05, 3.63) is 36.1 Å². The number of nitrogens with one attached hydrogen (secondary N) is 2. The summed E-state index contributed by atoms with van der Waals surface area (Å²) in [7, 11) is 0. The Balaban J connectivity index is 1.93. The minimum atomic E-state index is -0.931. The number of hydrogen-bond donors (Lipinski definition) is 3. The molecule has 0 radical (unpaired) electrons. The van der Waals surface area contributed by atoms with E-state index in [1.807, 2.05) is 51.1 Å². The van der Waals surface area contributed by atoms with Gasteiger partial charge in [0.2, 0.25) is 0 Å². The van der Waals surface area contributed by atoms with Crippen molar-refractivity contribution in [1.29, 1.82) is 0 Å². The van der Waals surface area contributed by atoms with Crippen LogP contribution >= 0.6 is 0 Å². The Morgan fingerprint density at radius 1 is 1.32 bits per heavy atom. The van der Waals surface area contributed by atoms with Crippen LogP contribution in [0.5, 0.6) is 0 Å². The average Bonchev–Trinajstić information content (AvgIpc) is 2.89. The van der Waals surface area contributed by atoms with Gasteiger partial charge in [0, 0.05) is 11.9 Å². The molecule has 0 saturated heterocycles. The summed E-state index contributed by atoms with van der Waals surface area (Å²) in [5, 5.41) is 16.6. The van der Waals surface area contributed by atoms with Crippen LogP contribution in [0.25, 0.3) is 11.0 Å². The Bertz CT molecular complexity index is 613. The first kappa shape index (κ1) is 16.4. The zero-order valence-corrected chi connectivity index (χ0v) is 13.5. The summed E-state index contributed by atoms with van der Waals surface area (Å²) in [4.78, 5) is 11.9. The fourth-order valence-corrected chi connectivity index (χ4v) is 2.00. The molecule has 2 amide bonds. The number of carbonyl (C=O) groups excluding carboxylic acids is 1. The molecule has 0 aliphatic rings. The smallest absolute Gasteiger partial charge is 0.315 e. The van der Waals surface area contributed by atoms with Crippen LogP contribution in [0, 0.1) is 5.92 Å². The average molecular weight is 304 g/mol. The molecule has 3 N–H and O–H groups in total. The van der Waals surface area contributed by atoms with Crippen molar-refractivity contribution in [1.82, 2.24) is 10.6 Å². The summed E-state index contributed by atoms with van der Waals surface area (Å²) in [6, 6.07) is 9.06. The van der Waals surface area contributed by atoms with E-state index < -0.39 is 5.60 Å². The number of hydrogen-bond acceptors (Lipinski definition) is 3. The predicted molar refractivity (Wildman–Crippen MR) is 86.6 cm³/mol. The van der Waals surface area contributed by atoms with Gasteiger partial charge in [-0.25, -0.2) is 4.79 Å². The summed E-state index contributed by atoms with van der Waals surface area (Å²) in [5.41, 5.74) is -0.130.